The standard InChI is InChI=1S/C14H20N2O2/c17-12-13-2-4-14(5-3-13)18-11-1-8-16-9-6-15-7-10-16/h2-5,12,15H,1,6-11H2. The van der Waals surface area contributed by atoms with Crippen molar-refractivity contribution in [2.24, 2.45) is 0 Å². The largest absolute Gasteiger partial charge is 0.494 e. The number of hydrogen-bond acceptors (Lipinski definition) is 4. The van der Waals surface area contributed by atoms with Crippen molar-refractivity contribution in [3.63, 3.8) is 0 Å². The molecule has 1 saturated heterocycles. The van der Waals surface area contributed by atoms with Gasteiger partial charge in [0, 0.05) is 38.3 Å². The van der Waals surface area contributed by atoms with Crippen LogP contribution in [0.1, 0.15) is 16.8 Å². The molecule has 0 spiro atoms. The van der Waals surface area contributed by atoms with E-state index in [0.717, 1.165) is 57.8 Å². The summed E-state index contributed by atoms with van der Waals surface area (Å²) in [6.07, 6.45) is 1.88. The molecular formula is C14H20N2O2. The summed E-state index contributed by atoms with van der Waals surface area (Å²) in [4.78, 5) is 13.0. The summed E-state index contributed by atoms with van der Waals surface area (Å²) in [7, 11) is 0. The second kappa shape index (κ2) is 7.13. The predicted molar refractivity (Wildman–Crippen MR) is 71.3 cm³/mol. The second-order valence-electron chi connectivity index (χ2n) is 4.48. The lowest BCUT2D eigenvalue weighted by Gasteiger charge is -2.26. The third-order valence-corrected chi connectivity index (χ3v) is 3.11. The molecule has 4 nitrogen and oxygen atoms in total. The van der Waals surface area contributed by atoms with Crippen molar-refractivity contribution >= 4 is 6.29 Å². The molecule has 0 aromatic heterocycles. The number of aldehydes is 1. The number of rotatable bonds is 6. The maximum Gasteiger partial charge on any atom is 0.150 e. The highest BCUT2D eigenvalue weighted by Crippen LogP contribution is 2.11. The Morgan fingerprint density at radius 3 is 2.61 bits per heavy atom. The summed E-state index contributed by atoms with van der Waals surface area (Å²) in [6, 6.07) is 7.24. The monoisotopic (exact) mass is 248 g/mol. The van der Waals surface area contributed by atoms with Crippen LogP contribution in [0.15, 0.2) is 24.3 Å². The van der Waals surface area contributed by atoms with Crippen LogP contribution in [-0.4, -0.2) is 50.5 Å². The normalized spacial score (nSPS) is 16.4. The smallest absolute Gasteiger partial charge is 0.150 e. The van der Waals surface area contributed by atoms with E-state index in [0.29, 0.717) is 5.56 Å². The van der Waals surface area contributed by atoms with Gasteiger partial charge in [-0.2, -0.15) is 0 Å². The van der Waals surface area contributed by atoms with Crippen LogP contribution in [0.4, 0.5) is 0 Å². The van der Waals surface area contributed by atoms with Gasteiger partial charge in [-0.25, -0.2) is 0 Å². The van der Waals surface area contributed by atoms with Gasteiger partial charge in [0.25, 0.3) is 0 Å². The Bertz CT molecular complexity index is 359. The Kier molecular flexibility index (Phi) is 5.17. The first-order valence-corrected chi connectivity index (χ1v) is 6.49. The number of benzene rings is 1. The Hall–Kier alpha value is -1.39. The molecule has 1 aliphatic heterocycles. The molecule has 1 N–H and O–H groups in total. The first-order valence-electron chi connectivity index (χ1n) is 6.49. The molecule has 4 heteroatoms. The van der Waals surface area contributed by atoms with E-state index in [-0.39, 0.29) is 0 Å². The molecule has 2 rings (SSSR count). The number of nitrogens with zero attached hydrogens (tertiary/aromatic N) is 1. The third kappa shape index (κ3) is 4.13. The molecule has 98 valence electrons. The molecular weight excluding hydrogens is 228 g/mol. The summed E-state index contributed by atoms with van der Waals surface area (Å²) < 4.78 is 5.64. The first-order chi connectivity index (χ1) is 8.88. The third-order valence-electron chi connectivity index (χ3n) is 3.11. The Morgan fingerprint density at radius 2 is 1.94 bits per heavy atom. The van der Waals surface area contributed by atoms with Gasteiger partial charge in [-0.05, 0) is 30.7 Å². The highest BCUT2D eigenvalue weighted by Gasteiger charge is 2.08. The average molecular weight is 248 g/mol. The highest BCUT2D eigenvalue weighted by molar-refractivity contribution is 5.74. The summed E-state index contributed by atoms with van der Waals surface area (Å²) in [5.74, 6) is 0.834. The maximum atomic E-state index is 10.5. The molecule has 1 heterocycles. The van der Waals surface area contributed by atoms with Crippen LogP contribution in [0.3, 0.4) is 0 Å². The average Bonchev–Trinajstić information content (AvgIpc) is 2.45. The quantitative estimate of drug-likeness (QED) is 0.606. The molecule has 0 atom stereocenters. The molecule has 0 bridgehead atoms. The predicted octanol–water partition coefficient (Wildman–Crippen LogP) is 1.17. The van der Waals surface area contributed by atoms with Gasteiger partial charge in [-0.3, -0.25) is 4.79 Å². The number of ether oxygens (including phenoxy) is 1. The second-order valence-corrected chi connectivity index (χ2v) is 4.48. The summed E-state index contributed by atoms with van der Waals surface area (Å²) in [6.45, 7) is 6.27. The number of carbonyl (C=O) groups excluding carboxylic acids is 1. The van der Waals surface area contributed by atoms with Crippen molar-refractivity contribution in [1.82, 2.24) is 10.2 Å². The van der Waals surface area contributed by atoms with Crippen LogP contribution in [0.5, 0.6) is 5.75 Å². The van der Waals surface area contributed by atoms with E-state index < -0.39 is 0 Å². The molecule has 1 aromatic carbocycles. The molecule has 0 amide bonds. The minimum atomic E-state index is 0.683. The lowest BCUT2D eigenvalue weighted by Crippen LogP contribution is -2.43. The number of carbonyl (C=O) groups is 1. The van der Waals surface area contributed by atoms with E-state index in [1.54, 1.807) is 12.1 Å². The van der Waals surface area contributed by atoms with E-state index in [1.165, 1.54) is 0 Å². The van der Waals surface area contributed by atoms with Crippen LogP contribution in [-0.2, 0) is 0 Å². The molecule has 1 fully saturated rings. The van der Waals surface area contributed by atoms with Gasteiger partial charge in [0.05, 0.1) is 6.61 Å². The lowest BCUT2D eigenvalue weighted by molar-refractivity contribution is 0.112. The van der Waals surface area contributed by atoms with Crippen molar-refractivity contribution in [3.8, 4) is 5.75 Å². The molecule has 1 aromatic rings. The van der Waals surface area contributed by atoms with E-state index >= 15 is 0 Å². The zero-order valence-electron chi connectivity index (χ0n) is 10.6. The van der Waals surface area contributed by atoms with Gasteiger partial charge < -0.3 is 15.0 Å². The minimum absolute atomic E-state index is 0.683. The minimum Gasteiger partial charge on any atom is -0.494 e. The van der Waals surface area contributed by atoms with Crippen LogP contribution in [0.25, 0.3) is 0 Å². The Balaban J connectivity index is 1.63. The van der Waals surface area contributed by atoms with Gasteiger partial charge >= 0.3 is 0 Å². The zero-order chi connectivity index (χ0) is 12.6. The van der Waals surface area contributed by atoms with Gasteiger partial charge in [-0.15, -0.1) is 0 Å². The van der Waals surface area contributed by atoms with Crippen molar-refractivity contribution < 1.29 is 9.53 Å². The zero-order valence-corrected chi connectivity index (χ0v) is 10.6. The van der Waals surface area contributed by atoms with Crippen LogP contribution >= 0.6 is 0 Å². The van der Waals surface area contributed by atoms with E-state index in [2.05, 4.69) is 10.2 Å². The van der Waals surface area contributed by atoms with Crippen molar-refractivity contribution in [2.75, 3.05) is 39.3 Å². The molecule has 1 aliphatic rings. The van der Waals surface area contributed by atoms with E-state index in [9.17, 15) is 4.79 Å². The Labute approximate surface area is 108 Å². The van der Waals surface area contributed by atoms with Gasteiger partial charge in [0.2, 0.25) is 0 Å². The lowest BCUT2D eigenvalue weighted by atomic mass is 10.2. The number of nitrogens with one attached hydrogen (secondary N) is 1. The SMILES string of the molecule is O=Cc1ccc(OCCCN2CCNCC2)cc1. The summed E-state index contributed by atoms with van der Waals surface area (Å²) in [5.41, 5.74) is 0.683. The molecule has 0 saturated carbocycles. The van der Waals surface area contributed by atoms with Gasteiger partial charge in [0.1, 0.15) is 12.0 Å². The topological polar surface area (TPSA) is 41.6 Å². The van der Waals surface area contributed by atoms with Crippen LogP contribution in [0, 0.1) is 0 Å². The van der Waals surface area contributed by atoms with E-state index in [1.807, 2.05) is 12.1 Å². The maximum absolute atomic E-state index is 10.5. The van der Waals surface area contributed by atoms with E-state index in [4.69, 9.17) is 4.74 Å². The summed E-state index contributed by atoms with van der Waals surface area (Å²) in [5, 5.41) is 3.34. The number of hydrogen-bond donors (Lipinski definition) is 1. The first kappa shape index (κ1) is 13.1. The fourth-order valence-electron chi connectivity index (χ4n) is 2.06. The van der Waals surface area contributed by atoms with Crippen LogP contribution in [0.2, 0.25) is 0 Å². The van der Waals surface area contributed by atoms with Crippen molar-refractivity contribution in [3.05, 3.63) is 29.8 Å². The van der Waals surface area contributed by atoms with Gasteiger partial charge in [-0.1, -0.05) is 0 Å². The fourth-order valence-corrected chi connectivity index (χ4v) is 2.06. The molecule has 0 unspecified atom stereocenters. The molecule has 0 aliphatic carbocycles. The Morgan fingerprint density at radius 1 is 1.22 bits per heavy atom. The molecule has 0 radical (unpaired) electrons. The van der Waals surface area contributed by atoms with Gasteiger partial charge in [0.15, 0.2) is 0 Å². The molecule has 18 heavy (non-hydrogen) atoms. The highest BCUT2D eigenvalue weighted by atomic mass is 16.5. The summed E-state index contributed by atoms with van der Waals surface area (Å²) >= 11 is 0. The number of piperazine rings is 1. The van der Waals surface area contributed by atoms with Crippen LogP contribution < -0.4 is 10.1 Å². The van der Waals surface area contributed by atoms with Crippen molar-refractivity contribution in [1.29, 1.82) is 0 Å². The van der Waals surface area contributed by atoms with Crippen molar-refractivity contribution in [2.45, 2.75) is 6.42 Å². The fraction of sp³-hybridized carbons (Fsp3) is 0.500.